The molecule has 1 aromatic carbocycles. The van der Waals surface area contributed by atoms with Crippen LogP contribution < -0.4 is 10.6 Å². The highest BCUT2D eigenvalue weighted by molar-refractivity contribution is 5.61. The zero-order valence-electron chi connectivity index (χ0n) is 10.5. The van der Waals surface area contributed by atoms with Gasteiger partial charge in [-0.2, -0.15) is 0 Å². The Morgan fingerprint density at radius 1 is 1.29 bits per heavy atom. The van der Waals surface area contributed by atoms with Crippen molar-refractivity contribution >= 4 is 5.69 Å². The van der Waals surface area contributed by atoms with Crippen LogP contribution in [0.25, 0.3) is 0 Å². The molecule has 0 amide bonds. The predicted molar refractivity (Wildman–Crippen MR) is 72.5 cm³/mol. The van der Waals surface area contributed by atoms with Gasteiger partial charge in [0.05, 0.1) is 0 Å². The molecule has 0 saturated heterocycles. The lowest BCUT2D eigenvalue weighted by atomic mass is 9.91. The van der Waals surface area contributed by atoms with Crippen LogP contribution in [0.4, 0.5) is 5.69 Å². The zero-order valence-corrected chi connectivity index (χ0v) is 10.5. The molecule has 2 N–H and O–H groups in total. The SMILES string of the molecule is NCCCc1cccc2c1CCN2C1CCC1. The summed E-state index contributed by atoms with van der Waals surface area (Å²) in [6.07, 6.45) is 7.72. The molecule has 0 aromatic heterocycles. The molecule has 0 bridgehead atoms. The number of hydrogen-bond acceptors (Lipinski definition) is 2. The topological polar surface area (TPSA) is 29.3 Å². The smallest absolute Gasteiger partial charge is 0.0404 e. The Bertz CT molecular complexity index is 396. The highest BCUT2D eigenvalue weighted by atomic mass is 15.2. The maximum atomic E-state index is 5.62. The van der Waals surface area contributed by atoms with Crippen LogP contribution >= 0.6 is 0 Å². The van der Waals surface area contributed by atoms with Crippen molar-refractivity contribution in [3.8, 4) is 0 Å². The number of rotatable bonds is 4. The Morgan fingerprint density at radius 2 is 2.18 bits per heavy atom. The quantitative estimate of drug-likeness (QED) is 0.861. The number of aryl methyl sites for hydroxylation is 1. The van der Waals surface area contributed by atoms with Crippen molar-refractivity contribution in [2.45, 2.75) is 44.6 Å². The van der Waals surface area contributed by atoms with Gasteiger partial charge in [-0.1, -0.05) is 12.1 Å². The third-order valence-corrected chi connectivity index (χ3v) is 4.33. The fraction of sp³-hybridized carbons (Fsp3) is 0.600. The second-order valence-electron chi connectivity index (χ2n) is 5.34. The van der Waals surface area contributed by atoms with E-state index in [2.05, 4.69) is 23.1 Å². The van der Waals surface area contributed by atoms with Gasteiger partial charge in [0.1, 0.15) is 0 Å². The molecule has 1 aliphatic heterocycles. The van der Waals surface area contributed by atoms with Crippen LogP contribution in [0.3, 0.4) is 0 Å². The number of benzene rings is 1. The van der Waals surface area contributed by atoms with Crippen LogP contribution in [0.1, 0.15) is 36.8 Å². The minimum atomic E-state index is 0.802. The maximum absolute atomic E-state index is 5.62. The fourth-order valence-corrected chi connectivity index (χ4v) is 3.14. The van der Waals surface area contributed by atoms with E-state index in [9.17, 15) is 0 Å². The van der Waals surface area contributed by atoms with Crippen molar-refractivity contribution in [3.63, 3.8) is 0 Å². The first kappa shape index (κ1) is 11.1. The standard InChI is InChI=1S/C15H22N2/c16-10-3-5-12-4-1-8-15-14(12)9-11-17(15)13-6-2-7-13/h1,4,8,13H,2-3,5-7,9-11,16H2. The number of nitrogens with two attached hydrogens (primary N) is 1. The molecule has 3 rings (SSSR count). The van der Waals surface area contributed by atoms with Gasteiger partial charge in [0.2, 0.25) is 0 Å². The Kier molecular flexibility index (Phi) is 3.06. The molecule has 1 aliphatic carbocycles. The molecular weight excluding hydrogens is 208 g/mol. The van der Waals surface area contributed by atoms with Crippen molar-refractivity contribution in [2.24, 2.45) is 5.73 Å². The third-order valence-electron chi connectivity index (χ3n) is 4.33. The van der Waals surface area contributed by atoms with Crippen LogP contribution in [0.2, 0.25) is 0 Å². The average Bonchev–Trinajstić information content (AvgIpc) is 2.69. The Balaban J connectivity index is 1.83. The molecule has 17 heavy (non-hydrogen) atoms. The summed E-state index contributed by atoms with van der Waals surface area (Å²) >= 11 is 0. The summed E-state index contributed by atoms with van der Waals surface area (Å²) in [4.78, 5) is 2.64. The van der Waals surface area contributed by atoms with Crippen molar-refractivity contribution in [1.29, 1.82) is 0 Å². The minimum Gasteiger partial charge on any atom is -0.368 e. The lowest BCUT2D eigenvalue weighted by Gasteiger charge is -2.36. The lowest BCUT2D eigenvalue weighted by Crippen LogP contribution is -2.38. The predicted octanol–water partition coefficient (Wildman–Crippen LogP) is 2.49. The Labute approximate surface area is 104 Å². The first-order valence-electron chi connectivity index (χ1n) is 6.97. The van der Waals surface area contributed by atoms with Gasteiger partial charge >= 0.3 is 0 Å². The summed E-state index contributed by atoms with van der Waals surface area (Å²) in [5, 5.41) is 0. The molecule has 1 fully saturated rings. The molecule has 2 nitrogen and oxygen atoms in total. The first-order chi connectivity index (χ1) is 8.40. The normalized spacial score (nSPS) is 19.2. The van der Waals surface area contributed by atoms with Gasteiger partial charge in [0.15, 0.2) is 0 Å². The van der Waals surface area contributed by atoms with E-state index in [0.29, 0.717) is 0 Å². The molecule has 2 aliphatic rings. The van der Waals surface area contributed by atoms with Gasteiger partial charge in [-0.05, 0) is 62.3 Å². The number of anilines is 1. The van der Waals surface area contributed by atoms with E-state index < -0.39 is 0 Å². The van der Waals surface area contributed by atoms with Gasteiger partial charge < -0.3 is 10.6 Å². The van der Waals surface area contributed by atoms with Gasteiger partial charge in [-0.3, -0.25) is 0 Å². The van der Waals surface area contributed by atoms with Crippen LogP contribution in [0.15, 0.2) is 18.2 Å². The highest BCUT2D eigenvalue weighted by Gasteiger charge is 2.30. The molecule has 1 heterocycles. The fourth-order valence-electron chi connectivity index (χ4n) is 3.14. The minimum absolute atomic E-state index is 0.802. The first-order valence-corrected chi connectivity index (χ1v) is 6.97. The average molecular weight is 230 g/mol. The van der Waals surface area contributed by atoms with Gasteiger partial charge in [0.25, 0.3) is 0 Å². The van der Waals surface area contributed by atoms with Gasteiger partial charge in [0, 0.05) is 18.3 Å². The second kappa shape index (κ2) is 4.69. The lowest BCUT2D eigenvalue weighted by molar-refractivity contribution is 0.392. The van der Waals surface area contributed by atoms with E-state index in [-0.39, 0.29) is 0 Å². The number of nitrogens with zero attached hydrogens (tertiary/aromatic N) is 1. The summed E-state index contributed by atoms with van der Waals surface area (Å²) in [7, 11) is 0. The molecular formula is C15H22N2. The van der Waals surface area contributed by atoms with Crippen LogP contribution in [-0.2, 0) is 12.8 Å². The molecule has 2 heteroatoms. The van der Waals surface area contributed by atoms with Crippen molar-refractivity contribution < 1.29 is 0 Å². The van der Waals surface area contributed by atoms with E-state index in [1.165, 1.54) is 43.5 Å². The largest absolute Gasteiger partial charge is 0.368 e. The van der Waals surface area contributed by atoms with E-state index >= 15 is 0 Å². The van der Waals surface area contributed by atoms with E-state index in [4.69, 9.17) is 5.73 Å². The van der Waals surface area contributed by atoms with Crippen LogP contribution in [-0.4, -0.2) is 19.1 Å². The Hall–Kier alpha value is -1.02. The monoisotopic (exact) mass is 230 g/mol. The molecule has 1 saturated carbocycles. The van der Waals surface area contributed by atoms with E-state index in [0.717, 1.165) is 25.4 Å². The van der Waals surface area contributed by atoms with Crippen molar-refractivity contribution in [1.82, 2.24) is 0 Å². The highest BCUT2D eigenvalue weighted by Crippen LogP contribution is 2.37. The molecule has 0 radical (unpaired) electrons. The zero-order chi connectivity index (χ0) is 11.7. The summed E-state index contributed by atoms with van der Waals surface area (Å²) in [6, 6.07) is 7.66. The number of fused-ring (bicyclic) bond motifs is 1. The number of hydrogen-bond donors (Lipinski definition) is 1. The van der Waals surface area contributed by atoms with Crippen LogP contribution in [0, 0.1) is 0 Å². The van der Waals surface area contributed by atoms with Gasteiger partial charge in [-0.15, -0.1) is 0 Å². The summed E-state index contributed by atoms with van der Waals surface area (Å²) in [6.45, 7) is 2.04. The summed E-state index contributed by atoms with van der Waals surface area (Å²) in [5.41, 5.74) is 10.3. The summed E-state index contributed by atoms with van der Waals surface area (Å²) < 4.78 is 0. The van der Waals surface area contributed by atoms with Gasteiger partial charge in [-0.25, -0.2) is 0 Å². The van der Waals surface area contributed by atoms with Crippen LogP contribution in [0.5, 0.6) is 0 Å². The summed E-state index contributed by atoms with van der Waals surface area (Å²) in [5.74, 6) is 0. The van der Waals surface area contributed by atoms with E-state index in [1.807, 2.05) is 0 Å². The Morgan fingerprint density at radius 3 is 2.88 bits per heavy atom. The van der Waals surface area contributed by atoms with E-state index in [1.54, 1.807) is 5.56 Å². The van der Waals surface area contributed by atoms with Crippen molar-refractivity contribution in [3.05, 3.63) is 29.3 Å². The third kappa shape index (κ3) is 1.95. The molecule has 0 atom stereocenters. The molecule has 0 spiro atoms. The molecule has 92 valence electrons. The molecule has 1 aromatic rings. The maximum Gasteiger partial charge on any atom is 0.0404 e. The second-order valence-corrected chi connectivity index (χ2v) is 5.34. The van der Waals surface area contributed by atoms with Crippen molar-refractivity contribution in [2.75, 3.05) is 18.0 Å². The molecule has 0 unspecified atom stereocenters.